The van der Waals surface area contributed by atoms with Gasteiger partial charge in [-0.3, -0.25) is 9.79 Å². The molecule has 1 aliphatic rings. The van der Waals surface area contributed by atoms with Gasteiger partial charge in [-0.05, 0) is 42.7 Å². The Kier molecular flexibility index (Phi) is 9.44. The summed E-state index contributed by atoms with van der Waals surface area (Å²) in [5.74, 6) is 0.853. The first-order valence-corrected chi connectivity index (χ1v) is 14.6. The van der Waals surface area contributed by atoms with Gasteiger partial charge in [0.05, 0.1) is 16.6 Å². The molecule has 0 bridgehead atoms. The van der Waals surface area contributed by atoms with Gasteiger partial charge >= 0.3 is 0 Å². The normalized spacial score (nSPS) is 13.3. The Morgan fingerprint density at radius 2 is 1.71 bits per heavy atom. The predicted molar refractivity (Wildman–Crippen MR) is 154 cm³/mol. The maximum atomic E-state index is 13.3. The maximum Gasteiger partial charge on any atom is 0.244 e. The highest BCUT2D eigenvalue weighted by Crippen LogP contribution is 2.30. The van der Waals surface area contributed by atoms with Gasteiger partial charge in [0, 0.05) is 44.4 Å². The third-order valence-electron chi connectivity index (χ3n) is 6.36. The standard InChI is InChI=1S/C28H30Cl2N4O3S/c1-33(38(36,37)25-10-5-9-24(29)27(25)30)19-6-11-26(35)34(23-7-3-2-4-8-23)20-16-21-12-14-22(15-13-21)28-31-17-18-32-28/h2-5,7-10,12-15H,6,11,16-20H2,1H3,(H,31,32). The third-order valence-corrected chi connectivity index (χ3v) is 9.19. The van der Waals surface area contributed by atoms with Crippen LogP contribution in [-0.4, -0.2) is 57.7 Å². The summed E-state index contributed by atoms with van der Waals surface area (Å²) >= 11 is 12.1. The van der Waals surface area contributed by atoms with Crippen LogP contribution < -0.4 is 10.2 Å². The zero-order chi connectivity index (χ0) is 27.1. The Bertz CT molecular complexity index is 1400. The number of nitrogens with zero attached hydrogens (tertiary/aromatic N) is 3. The van der Waals surface area contributed by atoms with E-state index in [2.05, 4.69) is 22.4 Å². The van der Waals surface area contributed by atoms with Crippen LogP contribution in [0, 0.1) is 0 Å². The van der Waals surface area contributed by atoms with E-state index in [1.807, 2.05) is 42.5 Å². The van der Waals surface area contributed by atoms with Crippen molar-refractivity contribution in [2.75, 3.05) is 38.1 Å². The molecule has 0 spiro atoms. The quantitative estimate of drug-likeness (QED) is 0.349. The van der Waals surface area contributed by atoms with Gasteiger partial charge in [0.2, 0.25) is 15.9 Å². The molecular weight excluding hydrogens is 543 g/mol. The van der Waals surface area contributed by atoms with Crippen LogP contribution in [0.25, 0.3) is 0 Å². The number of nitrogens with one attached hydrogen (secondary N) is 1. The number of aliphatic imine (C=N–C) groups is 1. The van der Waals surface area contributed by atoms with Crippen molar-refractivity contribution in [1.82, 2.24) is 9.62 Å². The topological polar surface area (TPSA) is 82.1 Å². The number of benzene rings is 3. The lowest BCUT2D eigenvalue weighted by molar-refractivity contribution is -0.118. The molecule has 1 heterocycles. The monoisotopic (exact) mass is 572 g/mol. The van der Waals surface area contributed by atoms with Crippen LogP contribution in [0.4, 0.5) is 5.69 Å². The number of carbonyl (C=O) groups is 1. The van der Waals surface area contributed by atoms with Gasteiger partial charge in [-0.2, -0.15) is 0 Å². The summed E-state index contributed by atoms with van der Waals surface area (Å²) in [6.07, 6.45) is 1.24. The van der Waals surface area contributed by atoms with Crippen molar-refractivity contribution in [2.24, 2.45) is 4.99 Å². The van der Waals surface area contributed by atoms with Crippen molar-refractivity contribution < 1.29 is 13.2 Å². The fraction of sp³-hybridized carbons (Fsp3) is 0.286. The molecule has 1 aliphatic heterocycles. The van der Waals surface area contributed by atoms with Crippen LogP contribution in [0.5, 0.6) is 0 Å². The maximum absolute atomic E-state index is 13.3. The minimum atomic E-state index is -3.84. The van der Waals surface area contributed by atoms with Gasteiger partial charge in [0.25, 0.3) is 0 Å². The number of para-hydroxylation sites is 1. The minimum Gasteiger partial charge on any atom is -0.368 e. The Balaban J connectivity index is 1.38. The molecule has 4 rings (SSSR count). The second kappa shape index (κ2) is 12.8. The summed E-state index contributed by atoms with van der Waals surface area (Å²) in [6, 6.07) is 22.2. The van der Waals surface area contributed by atoms with E-state index in [-0.39, 0.29) is 33.8 Å². The highest BCUT2D eigenvalue weighted by molar-refractivity contribution is 7.89. The predicted octanol–water partition coefficient (Wildman–Crippen LogP) is 5.02. The number of anilines is 1. The van der Waals surface area contributed by atoms with Gasteiger partial charge in [-0.25, -0.2) is 12.7 Å². The fourth-order valence-electron chi connectivity index (χ4n) is 4.23. The molecule has 3 aromatic carbocycles. The number of halogens is 2. The molecule has 10 heteroatoms. The molecule has 7 nitrogen and oxygen atoms in total. The number of amidine groups is 1. The van der Waals surface area contributed by atoms with E-state index in [1.54, 1.807) is 11.0 Å². The van der Waals surface area contributed by atoms with E-state index in [0.717, 1.165) is 35.7 Å². The van der Waals surface area contributed by atoms with Crippen LogP contribution in [-0.2, 0) is 21.2 Å². The smallest absolute Gasteiger partial charge is 0.244 e. The largest absolute Gasteiger partial charge is 0.368 e. The summed E-state index contributed by atoms with van der Waals surface area (Å²) in [6.45, 7) is 2.33. The number of carbonyl (C=O) groups excluding carboxylic acids is 1. The molecule has 1 N–H and O–H groups in total. The molecule has 0 atom stereocenters. The van der Waals surface area contributed by atoms with E-state index in [9.17, 15) is 13.2 Å². The van der Waals surface area contributed by atoms with Crippen molar-refractivity contribution in [2.45, 2.75) is 24.2 Å². The minimum absolute atomic E-state index is 0.00660. The first-order chi connectivity index (χ1) is 18.3. The summed E-state index contributed by atoms with van der Waals surface area (Å²) < 4.78 is 27.2. The zero-order valence-corrected chi connectivity index (χ0v) is 23.4. The molecule has 0 aliphatic carbocycles. The van der Waals surface area contributed by atoms with Crippen LogP contribution in [0.2, 0.25) is 10.0 Å². The SMILES string of the molecule is CN(CCCC(=O)N(CCc1ccc(C2=NCCN2)cc1)c1ccccc1)S(=O)(=O)c1cccc(Cl)c1Cl. The summed E-state index contributed by atoms with van der Waals surface area (Å²) in [5.41, 5.74) is 2.98. The Morgan fingerprint density at radius 3 is 2.39 bits per heavy atom. The number of sulfonamides is 1. The van der Waals surface area contributed by atoms with Gasteiger partial charge < -0.3 is 10.2 Å². The van der Waals surface area contributed by atoms with Crippen molar-refractivity contribution in [3.05, 3.63) is 94.0 Å². The highest BCUT2D eigenvalue weighted by atomic mass is 35.5. The summed E-state index contributed by atoms with van der Waals surface area (Å²) in [5, 5.41) is 3.44. The molecular formula is C28H30Cl2N4O3S. The zero-order valence-electron chi connectivity index (χ0n) is 21.1. The number of amides is 1. The van der Waals surface area contributed by atoms with Gasteiger partial charge in [-0.1, -0.05) is 71.7 Å². The molecule has 0 fully saturated rings. The van der Waals surface area contributed by atoms with Crippen LogP contribution in [0.15, 0.2) is 82.7 Å². The van der Waals surface area contributed by atoms with Crippen molar-refractivity contribution in [3.63, 3.8) is 0 Å². The lowest BCUT2D eigenvalue weighted by Gasteiger charge is -2.24. The average molecular weight is 574 g/mol. The number of rotatable bonds is 11. The molecule has 38 heavy (non-hydrogen) atoms. The van der Waals surface area contributed by atoms with Crippen molar-refractivity contribution >= 4 is 50.7 Å². The summed E-state index contributed by atoms with van der Waals surface area (Å²) in [4.78, 5) is 19.5. The van der Waals surface area contributed by atoms with E-state index in [0.29, 0.717) is 19.4 Å². The van der Waals surface area contributed by atoms with E-state index < -0.39 is 10.0 Å². The summed E-state index contributed by atoms with van der Waals surface area (Å²) in [7, 11) is -2.36. The van der Waals surface area contributed by atoms with E-state index in [1.165, 1.54) is 23.5 Å². The highest BCUT2D eigenvalue weighted by Gasteiger charge is 2.25. The lowest BCUT2D eigenvalue weighted by Crippen LogP contribution is -2.34. The van der Waals surface area contributed by atoms with Gasteiger partial charge in [0.1, 0.15) is 10.7 Å². The van der Waals surface area contributed by atoms with Crippen molar-refractivity contribution in [1.29, 1.82) is 0 Å². The second-order valence-corrected chi connectivity index (χ2v) is 11.8. The van der Waals surface area contributed by atoms with Crippen LogP contribution >= 0.6 is 23.2 Å². The molecule has 200 valence electrons. The molecule has 0 unspecified atom stereocenters. The van der Waals surface area contributed by atoms with E-state index in [4.69, 9.17) is 23.2 Å². The molecule has 1 amide bonds. The van der Waals surface area contributed by atoms with E-state index >= 15 is 0 Å². The van der Waals surface area contributed by atoms with Gasteiger partial charge in [0.15, 0.2) is 0 Å². The molecule has 0 radical (unpaired) electrons. The molecule has 0 saturated heterocycles. The Hall–Kier alpha value is -2.91. The van der Waals surface area contributed by atoms with Gasteiger partial charge in [-0.15, -0.1) is 0 Å². The molecule has 3 aromatic rings. The van der Waals surface area contributed by atoms with Crippen LogP contribution in [0.3, 0.4) is 0 Å². The Labute approximate surface area is 234 Å². The first-order valence-electron chi connectivity index (χ1n) is 12.4. The van der Waals surface area contributed by atoms with Crippen LogP contribution in [0.1, 0.15) is 24.0 Å². The number of hydrogen-bond acceptors (Lipinski definition) is 5. The second-order valence-electron chi connectivity index (χ2n) is 8.97. The molecule has 0 saturated carbocycles. The average Bonchev–Trinajstić information content (AvgIpc) is 3.46. The lowest BCUT2D eigenvalue weighted by atomic mass is 10.1. The first kappa shape index (κ1) is 28.1. The number of hydrogen-bond donors (Lipinski definition) is 1. The fourth-order valence-corrected chi connectivity index (χ4v) is 6.17. The Morgan fingerprint density at radius 1 is 0.974 bits per heavy atom. The third kappa shape index (κ3) is 6.74. The molecule has 0 aromatic heterocycles. The van der Waals surface area contributed by atoms with Crippen molar-refractivity contribution in [3.8, 4) is 0 Å².